The number of esters is 1. The smallest absolute Gasteiger partial charge is 0.323 e. The highest BCUT2D eigenvalue weighted by Crippen LogP contribution is 2.26. The molecular formula is C14H13ClFN3O3. The van der Waals surface area contributed by atoms with Crippen LogP contribution in [0.2, 0.25) is 5.15 Å². The topological polar surface area (TPSA) is 73.3 Å². The molecule has 1 fully saturated rings. The maximum atomic E-state index is 13.2. The highest BCUT2D eigenvalue weighted by molar-refractivity contribution is 6.31. The summed E-state index contributed by atoms with van der Waals surface area (Å²) in [5.74, 6) is -0.635. The number of rotatable bonds is 3. The fraction of sp³-hybridized carbons (Fsp3) is 0.357. The van der Waals surface area contributed by atoms with Gasteiger partial charge in [-0.2, -0.15) is 0 Å². The number of methoxy groups -OCH3 is 1. The summed E-state index contributed by atoms with van der Waals surface area (Å²) in [4.78, 5) is 19.8. The van der Waals surface area contributed by atoms with Crippen LogP contribution in [0.3, 0.4) is 0 Å². The lowest BCUT2D eigenvalue weighted by Gasteiger charge is -2.13. The lowest BCUT2D eigenvalue weighted by atomic mass is 10.2. The SMILES string of the molecule is COC(=O)[C@@H]1C[C@@H](Oc2nc3cc(F)ccc3nc2Cl)CN1. The average molecular weight is 326 g/mol. The second-order valence-corrected chi connectivity index (χ2v) is 5.27. The molecule has 0 bridgehead atoms. The number of nitrogens with zero attached hydrogens (tertiary/aromatic N) is 2. The molecular weight excluding hydrogens is 313 g/mol. The van der Waals surface area contributed by atoms with Gasteiger partial charge < -0.3 is 14.8 Å². The standard InChI is InChI=1S/C14H13ClFN3O3/c1-21-14(20)11-5-8(6-17-11)22-13-12(15)18-9-3-2-7(16)4-10(9)19-13/h2-4,8,11,17H,5-6H2,1H3/t8-,11+/m1/s1. The second-order valence-electron chi connectivity index (χ2n) is 4.91. The Morgan fingerprint density at radius 2 is 2.23 bits per heavy atom. The summed E-state index contributed by atoms with van der Waals surface area (Å²) < 4.78 is 23.6. The Labute approximate surface area is 130 Å². The van der Waals surface area contributed by atoms with Crippen LogP contribution >= 0.6 is 11.6 Å². The van der Waals surface area contributed by atoms with E-state index in [1.807, 2.05) is 0 Å². The van der Waals surface area contributed by atoms with Gasteiger partial charge in [0.2, 0.25) is 0 Å². The minimum Gasteiger partial charge on any atom is -0.471 e. The first-order chi connectivity index (χ1) is 10.6. The van der Waals surface area contributed by atoms with Crippen molar-refractivity contribution in [2.75, 3.05) is 13.7 Å². The molecule has 8 heteroatoms. The van der Waals surface area contributed by atoms with Gasteiger partial charge in [-0.1, -0.05) is 11.6 Å². The number of fused-ring (bicyclic) bond motifs is 1. The molecule has 116 valence electrons. The predicted octanol–water partition coefficient (Wildman–Crippen LogP) is 1.70. The molecule has 0 unspecified atom stereocenters. The molecule has 2 heterocycles. The molecule has 0 spiro atoms. The molecule has 3 rings (SSSR count). The zero-order valence-corrected chi connectivity index (χ0v) is 12.4. The van der Waals surface area contributed by atoms with E-state index in [0.717, 1.165) is 0 Å². The number of halogens is 2. The van der Waals surface area contributed by atoms with Crippen LogP contribution in [-0.2, 0) is 9.53 Å². The first-order valence-corrected chi connectivity index (χ1v) is 7.05. The van der Waals surface area contributed by atoms with Crippen molar-refractivity contribution in [1.82, 2.24) is 15.3 Å². The van der Waals surface area contributed by atoms with E-state index >= 15 is 0 Å². The van der Waals surface area contributed by atoms with Gasteiger partial charge in [0.25, 0.3) is 5.88 Å². The summed E-state index contributed by atoms with van der Waals surface area (Å²) in [6.45, 7) is 0.457. The summed E-state index contributed by atoms with van der Waals surface area (Å²) in [6.07, 6.45) is 0.146. The number of nitrogens with one attached hydrogen (secondary N) is 1. The van der Waals surface area contributed by atoms with Gasteiger partial charge in [0.1, 0.15) is 18.0 Å². The number of ether oxygens (including phenoxy) is 2. The monoisotopic (exact) mass is 325 g/mol. The highest BCUT2D eigenvalue weighted by atomic mass is 35.5. The maximum absolute atomic E-state index is 13.2. The molecule has 1 aliphatic heterocycles. The lowest BCUT2D eigenvalue weighted by Crippen LogP contribution is -2.31. The number of carbonyl (C=O) groups excluding carboxylic acids is 1. The van der Waals surface area contributed by atoms with Crippen molar-refractivity contribution < 1.29 is 18.7 Å². The molecule has 1 aromatic heterocycles. The van der Waals surface area contributed by atoms with Crippen molar-refractivity contribution in [3.8, 4) is 5.88 Å². The van der Waals surface area contributed by atoms with E-state index in [2.05, 4.69) is 20.0 Å². The first kappa shape index (κ1) is 14.9. The third-order valence-corrected chi connectivity index (χ3v) is 3.66. The van der Waals surface area contributed by atoms with Gasteiger partial charge in [-0.25, -0.2) is 14.4 Å². The minimum absolute atomic E-state index is 0.0978. The van der Waals surface area contributed by atoms with Gasteiger partial charge >= 0.3 is 5.97 Å². The zero-order chi connectivity index (χ0) is 15.7. The van der Waals surface area contributed by atoms with Gasteiger partial charge in [0, 0.05) is 19.0 Å². The van der Waals surface area contributed by atoms with Gasteiger partial charge in [-0.05, 0) is 12.1 Å². The summed E-state index contributed by atoms with van der Waals surface area (Å²) in [5.41, 5.74) is 0.839. The van der Waals surface area contributed by atoms with E-state index in [0.29, 0.717) is 24.0 Å². The number of benzene rings is 1. The maximum Gasteiger partial charge on any atom is 0.323 e. The van der Waals surface area contributed by atoms with Crippen molar-refractivity contribution >= 4 is 28.6 Å². The predicted molar refractivity (Wildman–Crippen MR) is 77.3 cm³/mol. The van der Waals surface area contributed by atoms with Crippen LogP contribution in [0.25, 0.3) is 11.0 Å². The third kappa shape index (κ3) is 2.95. The fourth-order valence-electron chi connectivity index (χ4n) is 2.34. The molecule has 22 heavy (non-hydrogen) atoms. The molecule has 2 atom stereocenters. The van der Waals surface area contributed by atoms with E-state index < -0.39 is 11.9 Å². The fourth-order valence-corrected chi connectivity index (χ4v) is 2.52. The summed E-state index contributed by atoms with van der Waals surface area (Å²) in [5, 5.41) is 3.09. The van der Waals surface area contributed by atoms with Gasteiger partial charge in [-0.15, -0.1) is 0 Å². The molecule has 1 aromatic carbocycles. The van der Waals surface area contributed by atoms with Crippen LogP contribution in [0.5, 0.6) is 5.88 Å². The van der Waals surface area contributed by atoms with Crippen molar-refractivity contribution in [2.24, 2.45) is 0 Å². The summed E-state index contributed by atoms with van der Waals surface area (Å²) in [6, 6.07) is 3.63. The van der Waals surface area contributed by atoms with Crippen LogP contribution in [0.15, 0.2) is 18.2 Å². The molecule has 0 amide bonds. The number of hydrogen-bond donors (Lipinski definition) is 1. The van der Waals surface area contributed by atoms with E-state index in [-0.39, 0.29) is 23.1 Å². The Morgan fingerprint density at radius 1 is 1.41 bits per heavy atom. The minimum atomic E-state index is -0.417. The number of aromatic nitrogens is 2. The quantitative estimate of drug-likeness (QED) is 0.866. The zero-order valence-electron chi connectivity index (χ0n) is 11.7. The summed E-state index contributed by atoms with van der Waals surface area (Å²) in [7, 11) is 1.33. The van der Waals surface area contributed by atoms with E-state index in [1.54, 1.807) is 0 Å². The summed E-state index contributed by atoms with van der Waals surface area (Å²) >= 11 is 6.04. The van der Waals surface area contributed by atoms with Gasteiger partial charge in [0.05, 0.1) is 18.1 Å². The molecule has 1 saturated heterocycles. The van der Waals surface area contributed by atoms with Crippen molar-refractivity contribution in [3.63, 3.8) is 0 Å². The number of carbonyl (C=O) groups is 1. The lowest BCUT2D eigenvalue weighted by molar-refractivity contribution is -0.142. The number of hydrogen-bond acceptors (Lipinski definition) is 6. The largest absolute Gasteiger partial charge is 0.471 e. The Morgan fingerprint density at radius 3 is 3.00 bits per heavy atom. The normalized spacial score (nSPS) is 21.0. The van der Waals surface area contributed by atoms with E-state index in [1.165, 1.54) is 25.3 Å². The Hall–Kier alpha value is -1.99. The van der Waals surface area contributed by atoms with Gasteiger partial charge in [0.15, 0.2) is 5.15 Å². The Balaban J connectivity index is 1.79. The molecule has 2 aromatic rings. The van der Waals surface area contributed by atoms with Gasteiger partial charge in [-0.3, -0.25) is 4.79 Å². The third-order valence-electron chi connectivity index (χ3n) is 3.41. The molecule has 1 aliphatic rings. The molecule has 1 N–H and O–H groups in total. The first-order valence-electron chi connectivity index (χ1n) is 6.67. The molecule has 0 radical (unpaired) electrons. The van der Waals surface area contributed by atoms with Crippen LogP contribution in [-0.4, -0.2) is 41.7 Å². The molecule has 0 aliphatic carbocycles. The molecule has 6 nitrogen and oxygen atoms in total. The van der Waals surface area contributed by atoms with Crippen LogP contribution in [0.4, 0.5) is 4.39 Å². The van der Waals surface area contributed by atoms with E-state index in [4.69, 9.17) is 16.3 Å². The van der Waals surface area contributed by atoms with Crippen LogP contribution in [0.1, 0.15) is 6.42 Å². The van der Waals surface area contributed by atoms with Crippen LogP contribution < -0.4 is 10.1 Å². The van der Waals surface area contributed by atoms with Crippen LogP contribution in [0, 0.1) is 5.82 Å². The second kappa shape index (κ2) is 6.02. The molecule has 0 saturated carbocycles. The van der Waals surface area contributed by atoms with Crippen molar-refractivity contribution in [1.29, 1.82) is 0 Å². The highest BCUT2D eigenvalue weighted by Gasteiger charge is 2.32. The average Bonchev–Trinajstić information content (AvgIpc) is 2.96. The van der Waals surface area contributed by atoms with Crippen molar-refractivity contribution in [3.05, 3.63) is 29.2 Å². The van der Waals surface area contributed by atoms with E-state index in [9.17, 15) is 9.18 Å². The Kier molecular flexibility index (Phi) is 4.08. The van der Waals surface area contributed by atoms with Crippen molar-refractivity contribution in [2.45, 2.75) is 18.6 Å². The Bertz CT molecular complexity index is 728.